The molecule has 0 saturated carbocycles. The number of nitrogens with two attached hydrogens (primary N) is 1. The number of primary amides is 1. The Morgan fingerprint density at radius 3 is 2.46 bits per heavy atom. The number of hydrogen-bond donors (Lipinski definition) is 1. The molecular formula is C15H19F3N2O4. The fourth-order valence-corrected chi connectivity index (χ4v) is 1.96. The number of nitrogens with zero attached hydrogens (tertiary/aromatic N) is 1. The van der Waals surface area contributed by atoms with Gasteiger partial charge in [-0.2, -0.15) is 13.2 Å². The number of methoxy groups -OCH3 is 1. The summed E-state index contributed by atoms with van der Waals surface area (Å²) in [6, 6.07) is 4.58. The summed E-state index contributed by atoms with van der Waals surface area (Å²) in [7, 11) is 1.41. The zero-order valence-corrected chi connectivity index (χ0v) is 13.3. The van der Waals surface area contributed by atoms with Crippen LogP contribution in [-0.2, 0) is 20.5 Å². The standard InChI is InChI=1S/C15H19F3N2O4/c1-10(14(22)20(7-8-23-2)9-13(19)21)24-12-6-4-3-5-11(12)15(16,17)18/h3-6,10H,7-9H2,1-2H3,(H2,19,21). The van der Waals surface area contributed by atoms with E-state index >= 15 is 0 Å². The molecule has 0 heterocycles. The minimum Gasteiger partial charge on any atom is -0.480 e. The van der Waals surface area contributed by atoms with E-state index in [0.29, 0.717) is 0 Å². The summed E-state index contributed by atoms with van der Waals surface area (Å²) in [5, 5.41) is 0. The van der Waals surface area contributed by atoms with Crippen molar-refractivity contribution in [2.24, 2.45) is 5.73 Å². The predicted octanol–water partition coefficient (Wildman–Crippen LogP) is 1.43. The van der Waals surface area contributed by atoms with Gasteiger partial charge in [0.1, 0.15) is 5.75 Å². The van der Waals surface area contributed by atoms with Crippen LogP contribution in [-0.4, -0.2) is 49.6 Å². The normalized spacial score (nSPS) is 12.5. The summed E-state index contributed by atoms with van der Waals surface area (Å²) in [6.07, 6.45) is -5.84. The molecule has 0 aliphatic carbocycles. The molecule has 2 N–H and O–H groups in total. The van der Waals surface area contributed by atoms with E-state index in [0.717, 1.165) is 17.0 Å². The third-order valence-corrected chi connectivity index (χ3v) is 3.07. The largest absolute Gasteiger partial charge is 0.480 e. The second-order valence-electron chi connectivity index (χ2n) is 4.97. The minimum absolute atomic E-state index is 0.0624. The van der Waals surface area contributed by atoms with Crippen LogP contribution < -0.4 is 10.5 Å². The van der Waals surface area contributed by atoms with Gasteiger partial charge in [-0.05, 0) is 19.1 Å². The second kappa shape index (κ2) is 8.53. The van der Waals surface area contributed by atoms with Gasteiger partial charge in [-0.15, -0.1) is 0 Å². The lowest BCUT2D eigenvalue weighted by atomic mass is 10.2. The van der Waals surface area contributed by atoms with E-state index < -0.39 is 35.4 Å². The van der Waals surface area contributed by atoms with E-state index in [4.69, 9.17) is 15.2 Å². The quantitative estimate of drug-likeness (QED) is 0.771. The molecule has 0 aromatic heterocycles. The Hall–Kier alpha value is -2.29. The van der Waals surface area contributed by atoms with Crippen LogP contribution in [0.3, 0.4) is 0 Å². The van der Waals surface area contributed by atoms with Crippen molar-refractivity contribution in [3.05, 3.63) is 29.8 Å². The van der Waals surface area contributed by atoms with Crippen LogP contribution in [0.2, 0.25) is 0 Å². The van der Waals surface area contributed by atoms with Crippen LogP contribution in [0.4, 0.5) is 13.2 Å². The van der Waals surface area contributed by atoms with Crippen molar-refractivity contribution in [2.75, 3.05) is 26.8 Å². The average Bonchev–Trinajstić information content (AvgIpc) is 2.49. The van der Waals surface area contributed by atoms with Crippen molar-refractivity contribution in [3.8, 4) is 5.75 Å². The van der Waals surface area contributed by atoms with Gasteiger partial charge >= 0.3 is 6.18 Å². The van der Waals surface area contributed by atoms with Gasteiger partial charge in [-0.25, -0.2) is 0 Å². The highest BCUT2D eigenvalue weighted by molar-refractivity contribution is 5.86. The maximum Gasteiger partial charge on any atom is 0.419 e. The number of benzene rings is 1. The third kappa shape index (κ3) is 5.73. The van der Waals surface area contributed by atoms with Crippen molar-refractivity contribution in [3.63, 3.8) is 0 Å². The molecule has 24 heavy (non-hydrogen) atoms. The first-order valence-corrected chi connectivity index (χ1v) is 7.05. The van der Waals surface area contributed by atoms with Crippen LogP contribution in [0.5, 0.6) is 5.75 Å². The van der Waals surface area contributed by atoms with Crippen molar-refractivity contribution >= 4 is 11.8 Å². The highest BCUT2D eigenvalue weighted by Crippen LogP contribution is 2.36. The molecule has 0 aliphatic heterocycles. The summed E-state index contributed by atoms with van der Waals surface area (Å²) in [6.45, 7) is 1.13. The monoisotopic (exact) mass is 348 g/mol. The predicted molar refractivity (Wildman–Crippen MR) is 79.2 cm³/mol. The molecule has 1 unspecified atom stereocenters. The van der Waals surface area contributed by atoms with Crippen LogP contribution >= 0.6 is 0 Å². The molecule has 134 valence electrons. The van der Waals surface area contributed by atoms with Crippen LogP contribution in [0.25, 0.3) is 0 Å². The Morgan fingerprint density at radius 1 is 1.29 bits per heavy atom. The van der Waals surface area contributed by atoms with Crippen LogP contribution in [0, 0.1) is 0 Å². The summed E-state index contributed by atoms with van der Waals surface area (Å²) in [4.78, 5) is 24.4. The third-order valence-electron chi connectivity index (χ3n) is 3.07. The molecule has 0 aliphatic rings. The lowest BCUT2D eigenvalue weighted by molar-refractivity contribution is -0.144. The number of halogens is 3. The average molecular weight is 348 g/mol. The zero-order chi connectivity index (χ0) is 18.3. The summed E-state index contributed by atoms with van der Waals surface area (Å²) in [5.74, 6) is -1.87. The molecule has 2 amide bonds. The number of hydrogen-bond acceptors (Lipinski definition) is 4. The number of carbonyl (C=O) groups excluding carboxylic acids is 2. The Kier molecular flexibility index (Phi) is 7.02. The lowest BCUT2D eigenvalue weighted by Gasteiger charge is -2.25. The minimum atomic E-state index is -4.61. The van der Waals surface area contributed by atoms with Crippen LogP contribution in [0.15, 0.2) is 24.3 Å². The first-order valence-electron chi connectivity index (χ1n) is 7.05. The number of alkyl halides is 3. The highest BCUT2D eigenvalue weighted by atomic mass is 19.4. The fourth-order valence-electron chi connectivity index (χ4n) is 1.96. The van der Waals surface area contributed by atoms with E-state index in [1.807, 2.05) is 0 Å². The molecule has 0 radical (unpaired) electrons. The summed E-state index contributed by atoms with van der Waals surface area (Å²) >= 11 is 0. The summed E-state index contributed by atoms with van der Waals surface area (Å²) < 4.78 is 48.8. The molecule has 1 atom stereocenters. The lowest BCUT2D eigenvalue weighted by Crippen LogP contribution is -2.46. The van der Waals surface area contributed by atoms with Gasteiger partial charge in [0.25, 0.3) is 5.91 Å². The molecular weight excluding hydrogens is 329 g/mol. The topological polar surface area (TPSA) is 81.9 Å². The van der Waals surface area contributed by atoms with Crippen molar-refractivity contribution in [1.29, 1.82) is 0 Å². The first-order chi connectivity index (χ1) is 11.2. The molecule has 9 heteroatoms. The van der Waals surface area contributed by atoms with Gasteiger partial charge in [-0.3, -0.25) is 9.59 Å². The van der Waals surface area contributed by atoms with Gasteiger partial charge < -0.3 is 20.1 Å². The van der Waals surface area contributed by atoms with Gasteiger partial charge in [-0.1, -0.05) is 12.1 Å². The van der Waals surface area contributed by atoms with Gasteiger partial charge in [0, 0.05) is 13.7 Å². The molecule has 6 nitrogen and oxygen atoms in total. The first kappa shape index (κ1) is 19.8. The van der Waals surface area contributed by atoms with Gasteiger partial charge in [0.05, 0.1) is 18.7 Å². The van der Waals surface area contributed by atoms with Gasteiger partial charge in [0.2, 0.25) is 5.91 Å². The van der Waals surface area contributed by atoms with E-state index in [-0.39, 0.29) is 19.7 Å². The fraction of sp³-hybridized carbons (Fsp3) is 0.467. The molecule has 1 aromatic rings. The second-order valence-corrected chi connectivity index (χ2v) is 4.97. The van der Waals surface area contributed by atoms with Crippen LogP contribution in [0.1, 0.15) is 12.5 Å². The molecule has 0 fully saturated rings. The van der Waals surface area contributed by atoms with Crippen molar-refractivity contribution < 1.29 is 32.2 Å². The van der Waals surface area contributed by atoms with E-state index in [1.54, 1.807) is 0 Å². The van der Waals surface area contributed by atoms with E-state index in [2.05, 4.69) is 0 Å². The molecule has 1 rings (SSSR count). The maximum absolute atomic E-state index is 12.9. The Labute approximate surface area is 137 Å². The van der Waals surface area contributed by atoms with Crippen molar-refractivity contribution in [2.45, 2.75) is 19.2 Å². The molecule has 0 spiro atoms. The Morgan fingerprint density at radius 2 is 1.92 bits per heavy atom. The number of rotatable bonds is 8. The Bertz CT molecular complexity index is 578. The zero-order valence-electron chi connectivity index (χ0n) is 13.3. The molecule has 1 aromatic carbocycles. The number of ether oxygens (including phenoxy) is 2. The van der Waals surface area contributed by atoms with E-state index in [9.17, 15) is 22.8 Å². The highest BCUT2D eigenvalue weighted by Gasteiger charge is 2.35. The van der Waals surface area contributed by atoms with Crippen molar-refractivity contribution in [1.82, 2.24) is 4.90 Å². The number of para-hydroxylation sites is 1. The Balaban J connectivity index is 2.91. The SMILES string of the molecule is COCCN(CC(N)=O)C(=O)C(C)Oc1ccccc1C(F)(F)F. The summed E-state index contributed by atoms with van der Waals surface area (Å²) in [5.41, 5.74) is 4.09. The number of amides is 2. The van der Waals surface area contributed by atoms with Gasteiger partial charge in [0.15, 0.2) is 6.10 Å². The maximum atomic E-state index is 12.9. The molecule has 0 saturated heterocycles. The number of carbonyl (C=O) groups is 2. The smallest absolute Gasteiger partial charge is 0.419 e. The molecule has 0 bridgehead atoms. The van der Waals surface area contributed by atoms with E-state index in [1.165, 1.54) is 26.2 Å².